The molecule has 2 amide bonds. The highest BCUT2D eigenvalue weighted by molar-refractivity contribution is 6.07. The highest BCUT2D eigenvalue weighted by Crippen LogP contribution is 2.21. The van der Waals surface area contributed by atoms with Crippen molar-refractivity contribution in [1.29, 1.82) is 5.41 Å². The van der Waals surface area contributed by atoms with Gasteiger partial charge in [0.05, 0.1) is 37.2 Å². The highest BCUT2D eigenvalue weighted by Gasteiger charge is 2.21. The maximum Gasteiger partial charge on any atom is 0.412 e. The number of nitrogens with one attached hydrogen (secondary N) is 3. The van der Waals surface area contributed by atoms with Gasteiger partial charge >= 0.3 is 12.1 Å². The Kier molecular flexibility index (Phi) is 10.7. The van der Waals surface area contributed by atoms with Gasteiger partial charge in [-0.3, -0.25) is 25.2 Å². The summed E-state index contributed by atoms with van der Waals surface area (Å²) in [5.74, 6) is -0.429. The number of aromatic nitrogens is 3. The molecule has 0 fully saturated rings. The van der Waals surface area contributed by atoms with E-state index in [0.717, 1.165) is 30.3 Å². The molecule has 4 aromatic rings. The van der Waals surface area contributed by atoms with Gasteiger partial charge < -0.3 is 19.4 Å². The minimum atomic E-state index is -2.56. The zero-order valence-corrected chi connectivity index (χ0v) is 26.0. The van der Waals surface area contributed by atoms with Crippen LogP contribution >= 0.6 is 0 Å². The van der Waals surface area contributed by atoms with Gasteiger partial charge in [0.2, 0.25) is 0 Å². The molecule has 2 heterocycles. The van der Waals surface area contributed by atoms with E-state index in [2.05, 4.69) is 27.5 Å². The van der Waals surface area contributed by atoms with Crippen LogP contribution in [0.25, 0.3) is 11.0 Å². The van der Waals surface area contributed by atoms with Gasteiger partial charge in [0.1, 0.15) is 17.5 Å². The van der Waals surface area contributed by atoms with E-state index in [1.165, 1.54) is 23.1 Å². The number of nitrogens with zero attached hydrogens (tertiary/aromatic N) is 4. The van der Waals surface area contributed by atoms with Crippen LogP contribution < -0.4 is 15.5 Å². The Morgan fingerprint density at radius 2 is 1.80 bits per heavy atom. The van der Waals surface area contributed by atoms with Crippen LogP contribution in [0.5, 0.6) is 0 Å². The summed E-state index contributed by atoms with van der Waals surface area (Å²) in [6.07, 6.45) is 4.73. The minimum absolute atomic E-state index is 0.0309. The SMILES string of the molecule is [2H]C([2H])([2H])n1c(CNc2ccc(C(=N)NC(=O)OCCCCCC)cc2)nc2cc(C(=O)N(CCC(=O)OCC)c3ccccn3)ccc21. The molecule has 3 N–H and O–H groups in total. The summed E-state index contributed by atoms with van der Waals surface area (Å²) in [7, 11) is 0. The number of esters is 1. The number of hydrogen-bond acceptors (Lipinski definition) is 9. The van der Waals surface area contributed by atoms with Crippen LogP contribution in [-0.4, -0.2) is 58.1 Å². The molecule has 0 aliphatic rings. The predicted octanol–water partition coefficient (Wildman–Crippen LogP) is 5.81. The summed E-state index contributed by atoms with van der Waals surface area (Å²) in [6, 6.07) is 16.4. The van der Waals surface area contributed by atoms with Gasteiger partial charge in [-0.05, 0) is 67.9 Å². The number of fused-ring (bicyclic) bond motifs is 1. The van der Waals surface area contributed by atoms with E-state index in [0.29, 0.717) is 34.7 Å². The Labute approximate surface area is 272 Å². The number of pyridine rings is 1. The fourth-order valence-corrected chi connectivity index (χ4v) is 4.65. The zero-order chi connectivity index (χ0) is 35.4. The fourth-order valence-electron chi connectivity index (χ4n) is 4.65. The van der Waals surface area contributed by atoms with Gasteiger partial charge in [-0.15, -0.1) is 0 Å². The van der Waals surface area contributed by atoms with Crippen LogP contribution in [0.2, 0.25) is 0 Å². The lowest BCUT2D eigenvalue weighted by molar-refractivity contribution is -0.142. The average molecular weight is 631 g/mol. The normalized spacial score (nSPS) is 12.0. The minimum Gasteiger partial charge on any atom is -0.466 e. The molecule has 0 spiro atoms. The van der Waals surface area contributed by atoms with E-state index in [4.69, 9.17) is 19.0 Å². The number of amidine groups is 1. The molecule has 0 atom stereocenters. The molecule has 0 bridgehead atoms. The van der Waals surface area contributed by atoms with Crippen molar-refractivity contribution in [2.24, 2.45) is 6.98 Å². The highest BCUT2D eigenvalue weighted by atomic mass is 16.5. The predicted molar refractivity (Wildman–Crippen MR) is 177 cm³/mol. The summed E-state index contributed by atoms with van der Waals surface area (Å²) in [5.41, 5.74) is 1.95. The second-order valence-corrected chi connectivity index (χ2v) is 10.4. The number of aryl methyl sites for hydroxylation is 1. The van der Waals surface area contributed by atoms with E-state index in [9.17, 15) is 14.4 Å². The number of amides is 2. The number of imidazole rings is 1. The smallest absolute Gasteiger partial charge is 0.412 e. The third-order valence-electron chi connectivity index (χ3n) is 7.07. The average Bonchev–Trinajstić information content (AvgIpc) is 3.46. The molecule has 4 rings (SSSR count). The van der Waals surface area contributed by atoms with Crippen LogP contribution in [0, 0.1) is 5.41 Å². The molecule has 12 nitrogen and oxygen atoms in total. The van der Waals surface area contributed by atoms with Crippen LogP contribution in [-0.2, 0) is 27.8 Å². The molecule has 242 valence electrons. The summed E-state index contributed by atoms with van der Waals surface area (Å²) < 4.78 is 35.8. The lowest BCUT2D eigenvalue weighted by Gasteiger charge is -2.21. The number of carbonyl (C=O) groups is 3. The monoisotopic (exact) mass is 630 g/mol. The zero-order valence-electron chi connectivity index (χ0n) is 29.0. The third kappa shape index (κ3) is 9.13. The van der Waals surface area contributed by atoms with Gasteiger partial charge in [-0.25, -0.2) is 14.8 Å². The molecule has 2 aromatic heterocycles. The standard InChI is InChI=1S/C34H41N7O5/c1-4-6-7-10-21-46-34(44)39-32(35)24-12-15-26(16-13-24)37-23-30-38-27-22-25(14-17-28(27)40(30)3)33(43)41(20-18-31(42)45-5-2)29-11-8-9-19-36-29/h8-9,11-17,19,22,37H,4-7,10,18,20-21,23H2,1-3H3,(H2,35,39,44)/i3D3. The Morgan fingerprint density at radius 3 is 2.52 bits per heavy atom. The van der Waals surface area contributed by atoms with Crippen LogP contribution in [0.1, 0.15) is 71.8 Å². The van der Waals surface area contributed by atoms with Crippen molar-refractivity contribution in [2.45, 2.75) is 52.5 Å². The molecular formula is C34H41N7O5. The molecule has 0 aliphatic heterocycles. The number of hydrogen-bond donors (Lipinski definition) is 3. The van der Waals surface area contributed by atoms with Crippen molar-refractivity contribution in [3.63, 3.8) is 0 Å². The van der Waals surface area contributed by atoms with Crippen molar-refractivity contribution >= 4 is 46.3 Å². The summed E-state index contributed by atoms with van der Waals surface area (Å²) in [6.45, 7) is 1.83. The summed E-state index contributed by atoms with van der Waals surface area (Å²) in [4.78, 5) is 48.0. The van der Waals surface area contributed by atoms with Crippen molar-refractivity contribution < 1.29 is 28.0 Å². The van der Waals surface area contributed by atoms with Gasteiger partial charge in [0.15, 0.2) is 0 Å². The number of unbranched alkanes of at least 4 members (excludes halogenated alkanes) is 3. The lowest BCUT2D eigenvalue weighted by atomic mass is 10.1. The second kappa shape index (κ2) is 16.7. The van der Waals surface area contributed by atoms with Gasteiger partial charge in [-0.2, -0.15) is 0 Å². The Bertz CT molecular complexity index is 1740. The topological polar surface area (TPSA) is 152 Å². The van der Waals surface area contributed by atoms with Crippen molar-refractivity contribution in [2.75, 3.05) is 30.0 Å². The molecular weight excluding hydrogens is 586 g/mol. The molecule has 46 heavy (non-hydrogen) atoms. The number of ether oxygens (including phenoxy) is 2. The van der Waals surface area contributed by atoms with Crippen LogP contribution in [0.3, 0.4) is 0 Å². The van der Waals surface area contributed by atoms with Gasteiger partial charge in [0.25, 0.3) is 5.91 Å². The largest absolute Gasteiger partial charge is 0.466 e. The van der Waals surface area contributed by atoms with Gasteiger partial charge in [0, 0.05) is 40.6 Å². The molecule has 0 aliphatic carbocycles. The molecule has 0 unspecified atom stereocenters. The number of alkyl carbamates (subject to hydrolysis) is 1. The first kappa shape index (κ1) is 29.5. The first-order valence-corrected chi connectivity index (χ1v) is 15.3. The summed E-state index contributed by atoms with van der Waals surface area (Å²) >= 11 is 0. The number of benzene rings is 2. The van der Waals surface area contributed by atoms with Gasteiger partial charge in [-0.1, -0.05) is 32.3 Å². The van der Waals surface area contributed by atoms with Crippen molar-refractivity contribution in [1.82, 2.24) is 19.9 Å². The lowest BCUT2D eigenvalue weighted by Crippen LogP contribution is -2.34. The first-order chi connectivity index (χ1) is 23.5. The third-order valence-corrected chi connectivity index (χ3v) is 7.07. The number of carbonyl (C=O) groups excluding carboxylic acids is 3. The van der Waals surface area contributed by atoms with E-state index >= 15 is 0 Å². The van der Waals surface area contributed by atoms with E-state index < -0.39 is 24.9 Å². The fraction of sp³-hybridized carbons (Fsp3) is 0.353. The molecule has 0 saturated carbocycles. The quantitative estimate of drug-likeness (QED) is 0.0644. The Balaban J connectivity index is 1.48. The maximum absolute atomic E-state index is 13.7. The number of anilines is 2. The van der Waals surface area contributed by atoms with Crippen molar-refractivity contribution in [3.05, 3.63) is 83.8 Å². The maximum atomic E-state index is 13.7. The molecule has 2 aromatic carbocycles. The molecule has 0 saturated heterocycles. The Hall–Kier alpha value is -5.26. The first-order valence-electron chi connectivity index (χ1n) is 16.8. The summed E-state index contributed by atoms with van der Waals surface area (Å²) in [5, 5.41) is 13.8. The van der Waals surface area contributed by atoms with E-state index in [-0.39, 0.29) is 43.3 Å². The van der Waals surface area contributed by atoms with E-state index in [1.54, 1.807) is 55.6 Å². The molecule has 0 radical (unpaired) electrons. The van der Waals surface area contributed by atoms with E-state index in [1.807, 2.05) is 0 Å². The Morgan fingerprint density at radius 1 is 1.00 bits per heavy atom. The number of rotatable bonds is 15. The van der Waals surface area contributed by atoms with Crippen molar-refractivity contribution in [3.8, 4) is 0 Å². The van der Waals surface area contributed by atoms with Crippen LogP contribution in [0.4, 0.5) is 16.3 Å². The second-order valence-electron chi connectivity index (χ2n) is 10.4. The molecule has 12 heteroatoms. The van der Waals surface area contributed by atoms with Crippen LogP contribution in [0.15, 0.2) is 66.9 Å².